The van der Waals surface area contributed by atoms with Crippen molar-refractivity contribution in [2.75, 3.05) is 6.54 Å². The molecule has 28 heavy (non-hydrogen) atoms. The lowest BCUT2D eigenvalue weighted by Crippen LogP contribution is -2.38. The highest BCUT2D eigenvalue weighted by molar-refractivity contribution is 5.99. The maximum absolute atomic E-state index is 14.2. The molecule has 0 saturated heterocycles. The number of nitrogens with zero attached hydrogens (tertiary/aromatic N) is 2. The molecule has 0 atom stereocenters. The highest BCUT2D eigenvalue weighted by atomic mass is 19.3. The van der Waals surface area contributed by atoms with E-state index in [1.54, 1.807) is 6.07 Å². The van der Waals surface area contributed by atoms with Crippen LogP contribution >= 0.6 is 0 Å². The number of nitrogens with one attached hydrogen (secondary N) is 1. The van der Waals surface area contributed by atoms with Crippen LogP contribution in [0.4, 0.5) is 17.6 Å². The van der Waals surface area contributed by atoms with E-state index in [4.69, 9.17) is 0 Å². The molecule has 1 saturated carbocycles. The molecule has 9 heteroatoms. The zero-order valence-electron chi connectivity index (χ0n) is 14.7. The van der Waals surface area contributed by atoms with Gasteiger partial charge in [-0.3, -0.25) is 9.59 Å². The van der Waals surface area contributed by atoms with Gasteiger partial charge in [0.25, 0.3) is 5.91 Å². The van der Waals surface area contributed by atoms with E-state index in [0.717, 1.165) is 12.5 Å². The van der Waals surface area contributed by atoms with Crippen LogP contribution in [0.3, 0.4) is 0 Å². The molecule has 1 aliphatic carbocycles. The summed E-state index contributed by atoms with van der Waals surface area (Å²) in [5.41, 5.74) is -0.252. The summed E-state index contributed by atoms with van der Waals surface area (Å²) in [7, 11) is 0. The van der Waals surface area contributed by atoms with Crippen molar-refractivity contribution in [2.24, 2.45) is 0 Å². The van der Waals surface area contributed by atoms with Crippen molar-refractivity contribution in [3.8, 4) is 0 Å². The van der Waals surface area contributed by atoms with Gasteiger partial charge in [-0.1, -0.05) is 18.6 Å². The van der Waals surface area contributed by atoms with Crippen LogP contribution in [-0.2, 0) is 16.6 Å². The first kappa shape index (κ1) is 19.9. The molecule has 1 amide bonds. The van der Waals surface area contributed by atoms with Gasteiger partial charge in [0.15, 0.2) is 17.4 Å². The van der Waals surface area contributed by atoms with Gasteiger partial charge < -0.3 is 5.32 Å². The van der Waals surface area contributed by atoms with E-state index in [9.17, 15) is 27.2 Å². The van der Waals surface area contributed by atoms with Crippen molar-refractivity contribution in [1.29, 1.82) is 0 Å². The van der Waals surface area contributed by atoms with Gasteiger partial charge in [0.05, 0.1) is 12.1 Å². The van der Waals surface area contributed by atoms with Gasteiger partial charge in [0.2, 0.25) is 0 Å². The molecule has 5 nitrogen and oxygen atoms in total. The Balaban J connectivity index is 1.70. The monoisotopic (exact) mass is 395 g/mol. The Morgan fingerprint density at radius 1 is 1.14 bits per heavy atom. The van der Waals surface area contributed by atoms with Gasteiger partial charge in [-0.15, -0.1) is 0 Å². The van der Waals surface area contributed by atoms with Gasteiger partial charge >= 0.3 is 6.43 Å². The van der Waals surface area contributed by atoms with E-state index in [1.807, 2.05) is 5.32 Å². The Bertz CT molecular complexity index is 883. The Morgan fingerprint density at radius 2 is 1.82 bits per heavy atom. The van der Waals surface area contributed by atoms with E-state index in [0.29, 0.717) is 18.7 Å². The topological polar surface area (TPSA) is 72.0 Å². The number of amides is 1. The SMILES string of the molecule is O=C(CNC(=O)C(F)F)c1cnc(CC2(c3cccc(F)c3F)CCC2)nc1. The van der Waals surface area contributed by atoms with Crippen molar-refractivity contribution in [3.63, 3.8) is 0 Å². The molecule has 2 aromatic rings. The fraction of sp³-hybridized carbons (Fsp3) is 0.368. The Morgan fingerprint density at radius 3 is 2.39 bits per heavy atom. The lowest BCUT2D eigenvalue weighted by molar-refractivity contribution is -0.131. The van der Waals surface area contributed by atoms with Crippen LogP contribution in [-0.4, -0.2) is 34.6 Å². The summed E-state index contributed by atoms with van der Waals surface area (Å²) in [5, 5.41) is 1.81. The minimum absolute atomic E-state index is 0.0536. The highest BCUT2D eigenvalue weighted by Crippen LogP contribution is 2.46. The van der Waals surface area contributed by atoms with Crippen LogP contribution in [0.1, 0.15) is 41.0 Å². The van der Waals surface area contributed by atoms with Gasteiger partial charge in [-0.05, 0) is 24.5 Å². The number of halogens is 4. The molecule has 0 aliphatic heterocycles. The van der Waals surface area contributed by atoms with Crippen molar-refractivity contribution < 1.29 is 27.2 Å². The molecule has 1 N–H and O–H groups in total. The second-order valence-electron chi connectivity index (χ2n) is 6.74. The van der Waals surface area contributed by atoms with Gasteiger partial charge in [-0.25, -0.2) is 18.7 Å². The number of carbonyl (C=O) groups is 2. The molecule has 3 rings (SSSR count). The fourth-order valence-corrected chi connectivity index (χ4v) is 3.30. The summed E-state index contributed by atoms with van der Waals surface area (Å²) in [6.07, 6.45) is 1.74. The fourth-order valence-electron chi connectivity index (χ4n) is 3.30. The summed E-state index contributed by atoms with van der Waals surface area (Å²) in [5.74, 6) is -3.57. The summed E-state index contributed by atoms with van der Waals surface area (Å²) in [4.78, 5) is 30.9. The average Bonchev–Trinajstić information content (AvgIpc) is 2.65. The van der Waals surface area contributed by atoms with E-state index in [2.05, 4.69) is 9.97 Å². The Kier molecular flexibility index (Phi) is 5.71. The largest absolute Gasteiger partial charge is 0.344 e. The van der Waals surface area contributed by atoms with Gasteiger partial charge in [-0.2, -0.15) is 8.78 Å². The number of ketones is 1. The molecule has 148 valence electrons. The van der Waals surface area contributed by atoms with Crippen LogP contribution in [0.2, 0.25) is 0 Å². The predicted octanol–water partition coefficient (Wildman–Crippen LogP) is 2.98. The molecular formula is C19H17F4N3O2. The minimum Gasteiger partial charge on any atom is -0.344 e. The number of rotatable bonds is 7. The maximum Gasteiger partial charge on any atom is 0.315 e. The molecule has 1 fully saturated rings. The molecule has 1 aromatic carbocycles. The first-order valence-electron chi connectivity index (χ1n) is 8.67. The van der Waals surface area contributed by atoms with Crippen LogP contribution in [0, 0.1) is 11.6 Å². The quantitative estimate of drug-likeness (QED) is 0.578. The van der Waals surface area contributed by atoms with Crippen molar-refractivity contribution in [1.82, 2.24) is 15.3 Å². The van der Waals surface area contributed by atoms with Crippen molar-refractivity contribution in [3.05, 3.63) is 59.2 Å². The predicted molar refractivity (Wildman–Crippen MR) is 91.0 cm³/mol. The summed E-state index contributed by atoms with van der Waals surface area (Å²) in [6, 6.07) is 4.08. The van der Waals surface area contributed by atoms with E-state index < -0.39 is 41.7 Å². The Labute approximate surface area is 158 Å². The standard InChI is InChI=1S/C19H17F4N3O2/c20-13-4-1-3-12(16(13)21)19(5-2-6-19)7-15-24-8-11(9-25-15)14(27)10-26-18(28)17(22)23/h1,3-4,8-9,17H,2,5-7,10H2,(H,26,28). The third kappa shape index (κ3) is 4.02. The van der Waals surface area contributed by atoms with Crippen LogP contribution in [0.15, 0.2) is 30.6 Å². The van der Waals surface area contributed by atoms with E-state index in [1.165, 1.54) is 18.5 Å². The van der Waals surface area contributed by atoms with Crippen LogP contribution in [0.5, 0.6) is 0 Å². The number of aromatic nitrogens is 2. The van der Waals surface area contributed by atoms with Crippen molar-refractivity contribution >= 4 is 11.7 Å². The molecule has 0 bridgehead atoms. The number of alkyl halides is 2. The molecule has 0 spiro atoms. The van der Waals surface area contributed by atoms with E-state index in [-0.39, 0.29) is 17.5 Å². The second kappa shape index (κ2) is 8.04. The smallest absolute Gasteiger partial charge is 0.315 e. The zero-order chi connectivity index (χ0) is 20.3. The molecule has 1 aliphatic rings. The first-order valence-corrected chi connectivity index (χ1v) is 8.67. The summed E-state index contributed by atoms with van der Waals surface area (Å²) < 4.78 is 52.1. The molecule has 1 aromatic heterocycles. The number of hydrogen-bond donors (Lipinski definition) is 1. The normalized spacial score (nSPS) is 15.2. The van der Waals surface area contributed by atoms with Crippen LogP contribution in [0.25, 0.3) is 0 Å². The van der Waals surface area contributed by atoms with Crippen LogP contribution < -0.4 is 5.32 Å². The lowest BCUT2D eigenvalue weighted by Gasteiger charge is -2.42. The highest BCUT2D eigenvalue weighted by Gasteiger charge is 2.42. The minimum atomic E-state index is -3.20. The second-order valence-corrected chi connectivity index (χ2v) is 6.74. The van der Waals surface area contributed by atoms with E-state index >= 15 is 0 Å². The lowest BCUT2D eigenvalue weighted by atomic mass is 9.62. The average molecular weight is 395 g/mol. The molecule has 0 unspecified atom stereocenters. The third-order valence-corrected chi connectivity index (χ3v) is 4.98. The van der Waals surface area contributed by atoms with Gasteiger partial charge in [0.1, 0.15) is 5.82 Å². The first-order chi connectivity index (χ1) is 13.3. The molecule has 0 radical (unpaired) electrons. The zero-order valence-corrected chi connectivity index (χ0v) is 14.7. The van der Waals surface area contributed by atoms with Crippen molar-refractivity contribution in [2.45, 2.75) is 37.5 Å². The molecular weight excluding hydrogens is 378 g/mol. The number of benzene rings is 1. The number of carbonyl (C=O) groups excluding carboxylic acids is 2. The third-order valence-electron chi connectivity index (χ3n) is 4.98. The van der Waals surface area contributed by atoms with Gasteiger partial charge in [0, 0.05) is 24.2 Å². The number of hydrogen-bond acceptors (Lipinski definition) is 4. The summed E-state index contributed by atoms with van der Waals surface area (Å²) >= 11 is 0. The molecule has 1 heterocycles. The maximum atomic E-state index is 14.2. The summed E-state index contributed by atoms with van der Waals surface area (Å²) in [6.45, 7) is -0.593. The Hall–Kier alpha value is -2.84. The number of Topliss-reactive ketones (excluding diaryl/α,β-unsaturated/α-hetero) is 1.